The summed E-state index contributed by atoms with van der Waals surface area (Å²) in [7, 11) is 0. The van der Waals surface area contributed by atoms with Crippen molar-refractivity contribution in [3.63, 3.8) is 0 Å². The van der Waals surface area contributed by atoms with Crippen LogP contribution in [0.25, 0.3) is 22.3 Å². The monoisotopic (exact) mass is 309 g/mol. The van der Waals surface area contributed by atoms with Crippen molar-refractivity contribution < 1.29 is 4.52 Å². The van der Waals surface area contributed by atoms with E-state index in [9.17, 15) is 0 Å². The molecule has 4 nitrogen and oxygen atoms in total. The second kappa shape index (κ2) is 5.31. The molecule has 4 aromatic rings. The molecule has 108 valence electrons. The molecule has 0 N–H and O–H groups in total. The Bertz CT molecular complexity index is 942. The third-order valence-electron chi connectivity index (χ3n) is 3.53. The quantitative estimate of drug-likeness (QED) is 0.563. The molecule has 0 spiro atoms. The maximum absolute atomic E-state index is 6.01. The topological polar surface area (TPSA) is 43.9 Å². The molecule has 0 saturated carbocycles. The van der Waals surface area contributed by atoms with Gasteiger partial charge in [-0.25, -0.2) is 4.98 Å². The molecule has 2 heterocycles. The Labute approximate surface area is 131 Å². The molecule has 0 saturated heterocycles. The molecule has 0 atom stereocenters. The van der Waals surface area contributed by atoms with Crippen LogP contribution < -0.4 is 0 Å². The number of hydrogen-bond donors (Lipinski definition) is 0. The van der Waals surface area contributed by atoms with Gasteiger partial charge in [0, 0.05) is 16.7 Å². The number of halogens is 1. The molecule has 0 aliphatic carbocycles. The molecule has 0 unspecified atom stereocenters. The second-order valence-corrected chi connectivity index (χ2v) is 5.49. The molecule has 0 bridgehead atoms. The van der Waals surface area contributed by atoms with Crippen molar-refractivity contribution in [2.45, 2.75) is 6.54 Å². The van der Waals surface area contributed by atoms with Gasteiger partial charge < -0.3 is 9.09 Å². The third kappa shape index (κ3) is 2.38. The molecule has 2 aromatic heterocycles. The minimum Gasteiger partial charge on any atom is -0.359 e. The Morgan fingerprint density at radius 2 is 1.95 bits per heavy atom. The Kier molecular flexibility index (Phi) is 3.16. The average molecular weight is 310 g/mol. The van der Waals surface area contributed by atoms with Gasteiger partial charge in [-0.1, -0.05) is 41.0 Å². The number of fused-ring (bicyclic) bond motifs is 1. The van der Waals surface area contributed by atoms with Gasteiger partial charge in [-0.15, -0.1) is 0 Å². The first kappa shape index (κ1) is 13.1. The van der Waals surface area contributed by atoms with Crippen LogP contribution in [0.4, 0.5) is 0 Å². The summed E-state index contributed by atoms with van der Waals surface area (Å²) in [5.41, 5.74) is 3.76. The lowest BCUT2D eigenvalue weighted by molar-refractivity contribution is 0.379. The predicted molar refractivity (Wildman–Crippen MR) is 85.8 cm³/mol. The van der Waals surface area contributed by atoms with E-state index < -0.39 is 0 Å². The van der Waals surface area contributed by atoms with Crippen LogP contribution in [0.2, 0.25) is 5.02 Å². The highest BCUT2D eigenvalue weighted by Crippen LogP contribution is 2.23. The van der Waals surface area contributed by atoms with Crippen molar-refractivity contribution in [2.75, 3.05) is 0 Å². The van der Waals surface area contributed by atoms with E-state index in [1.165, 1.54) is 0 Å². The van der Waals surface area contributed by atoms with Crippen molar-refractivity contribution in [3.8, 4) is 11.3 Å². The van der Waals surface area contributed by atoms with E-state index in [1.807, 2.05) is 65.5 Å². The summed E-state index contributed by atoms with van der Waals surface area (Å²) in [6.07, 6.45) is 1.81. The smallest absolute Gasteiger partial charge is 0.157 e. The van der Waals surface area contributed by atoms with Crippen LogP contribution in [-0.4, -0.2) is 14.7 Å². The average Bonchev–Trinajstić information content (AvgIpc) is 3.16. The molecular formula is C17H12ClN3O. The fourth-order valence-corrected chi connectivity index (χ4v) is 2.67. The van der Waals surface area contributed by atoms with E-state index in [0.29, 0.717) is 11.6 Å². The Morgan fingerprint density at radius 1 is 1.05 bits per heavy atom. The van der Waals surface area contributed by atoms with Crippen LogP contribution in [-0.2, 0) is 6.54 Å². The predicted octanol–water partition coefficient (Wildman–Crippen LogP) is 4.39. The maximum Gasteiger partial charge on any atom is 0.157 e. The van der Waals surface area contributed by atoms with Crippen LogP contribution in [0.5, 0.6) is 0 Å². The van der Waals surface area contributed by atoms with Gasteiger partial charge in [0.15, 0.2) is 5.76 Å². The van der Waals surface area contributed by atoms with Gasteiger partial charge in [0.25, 0.3) is 0 Å². The molecule has 0 aliphatic heterocycles. The number of benzene rings is 2. The molecule has 22 heavy (non-hydrogen) atoms. The van der Waals surface area contributed by atoms with Gasteiger partial charge in [-0.3, -0.25) is 0 Å². The summed E-state index contributed by atoms with van der Waals surface area (Å²) < 4.78 is 7.48. The first-order valence-electron chi connectivity index (χ1n) is 6.91. The summed E-state index contributed by atoms with van der Waals surface area (Å²) in [5.74, 6) is 0.776. The summed E-state index contributed by atoms with van der Waals surface area (Å²) in [4.78, 5) is 4.37. The summed E-state index contributed by atoms with van der Waals surface area (Å²) >= 11 is 6.01. The van der Waals surface area contributed by atoms with E-state index in [2.05, 4.69) is 10.1 Å². The first-order chi connectivity index (χ1) is 10.8. The Hall–Kier alpha value is -2.59. The van der Waals surface area contributed by atoms with Crippen LogP contribution in [0.3, 0.4) is 0 Å². The summed E-state index contributed by atoms with van der Waals surface area (Å²) in [6.45, 7) is 0.591. The van der Waals surface area contributed by atoms with Gasteiger partial charge in [0.05, 0.1) is 23.9 Å². The lowest BCUT2D eigenvalue weighted by Gasteiger charge is -1.99. The fourth-order valence-electron chi connectivity index (χ4n) is 2.48. The van der Waals surface area contributed by atoms with Gasteiger partial charge in [0.2, 0.25) is 0 Å². The second-order valence-electron chi connectivity index (χ2n) is 5.05. The van der Waals surface area contributed by atoms with Gasteiger partial charge in [-0.2, -0.15) is 0 Å². The lowest BCUT2D eigenvalue weighted by Crippen LogP contribution is -1.96. The highest BCUT2D eigenvalue weighted by molar-refractivity contribution is 6.30. The maximum atomic E-state index is 6.01. The molecule has 0 radical (unpaired) electrons. The van der Waals surface area contributed by atoms with Gasteiger partial charge >= 0.3 is 0 Å². The molecule has 0 aliphatic rings. The minimum absolute atomic E-state index is 0.591. The van der Waals surface area contributed by atoms with E-state index in [-0.39, 0.29) is 0 Å². The SMILES string of the molecule is Clc1cccc(-c2cc(Cn3cnc4ccccc43)on2)c1. The van der Waals surface area contributed by atoms with Gasteiger partial charge in [0.1, 0.15) is 5.69 Å². The number of imidazole rings is 1. The van der Waals surface area contributed by atoms with Crippen molar-refractivity contribution >= 4 is 22.6 Å². The van der Waals surface area contributed by atoms with E-state index in [1.54, 1.807) is 0 Å². The first-order valence-corrected chi connectivity index (χ1v) is 7.29. The number of nitrogens with zero attached hydrogens (tertiary/aromatic N) is 3. The van der Waals surface area contributed by atoms with Crippen LogP contribution in [0, 0.1) is 0 Å². The van der Waals surface area contributed by atoms with Crippen LogP contribution in [0.15, 0.2) is 65.4 Å². The van der Waals surface area contributed by atoms with Crippen molar-refractivity contribution in [3.05, 3.63) is 71.7 Å². The number of rotatable bonds is 3. The fraction of sp³-hybridized carbons (Fsp3) is 0.0588. The zero-order valence-electron chi connectivity index (χ0n) is 11.6. The Morgan fingerprint density at radius 3 is 2.86 bits per heavy atom. The molecule has 0 fully saturated rings. The molecule has 5 heteroatoms. The van der Waals surface area contributed by atoms with E-state index in [0.717, 1.165) is 28.1 Å². The number of para-hydroxylation sites is 2. The normalized spacial score (nSPS) is 11.1. The minimum atomic E-state index is 0.591. The number of hydrogen-bond acceptors (Lipinski definition) is 3. The van der Waals surface area contributed by atoms with Crippen LogP contribution in [0.1, 0.15) is 5.76 Å². The molecular weight excluding hydrogens is 298 g/mol. The standard InChI is InChI=1S/C17H12ClN3O/c18-13-5-3-4-12(8-13)16-9-14(22-20-16)10-21-11-19-15-6-1-2-7-17(15)21/h1-9,11H,10H2. The molecule has 4 rings (SSSR count). The van der Waals surface area contributed by atoms with Crippen molar-refractivity contribution in [1.29, 1.82) is 0 Å². The highest BCUT2D eigenvalue weighted by Gasteiger charge is 2.09. The van der Waals surface area contributed by atoms with Crippen LogP contribution >= 0.6 is 11.6 Å². The number of aromatic nitrogens is 3. The zero-order valence-corrected chi connectivity index (χ0v) is 12.4. The summed E-state index contributed by atoms with van der Waals surface area (Å²) in [6, 6.07) is 17.5. The largest absolute Gasteiger partial charge is 0.359 e. The molecule has 2 aromatic carbocycles. The third-order valence-corrected chi connectivity index (χ3v) is 3.77. The molecule has 0 amide bonds. The van der Waals surface area contributed by atoms with Gasteiger partial charge in [-0.05, 0) is 24.3 Å². The Balaban J connectivity index is 1.65. The lowest BCUT2D eigenvalue weighted by atomic mass is 10.1. The highest BCUT2D eigenvalue weighted by atomic mass is 35.5. The van der Waals surface area contributed by atoms with Crippen molar-refractivity contribution in [1.82, 2.24) is 14.7 Å². The van der Waals surface area contributed by atoms with Crippen molar-refractivity contribution in [2.24, 2.45) is 0 Å². The summed E-state index contributed by atoms with van der Waals surface area (Å²) in [5, 5.41) is 4.80. The zero-order chi connectivity index (χ0) is 14.9. The van der Waals surface area contributed by atoms with E-state index >= 15 is 0 Å². The van der Waals surface area contributed by atoms with E-state index in [4.69, 9.17) is 16.1 Å².